The Morgan fingerprint density at radius 3 is 3.05 bits per heavy atom. The molecule has 4 aromatic rings. The van der Waals surface area contributed by atoms with Gasteiger partial charge in [0.15, 0.2) is 5.65 Å². The second-order valence-electron chi connectivity index (χ2n) is 4.66. The number of hydrogen-bond acceptors (Lipinski definition) is 4. The van der Waals surface area contributed by atoms with E-state index in [1.54, 1.807) is 18.0 Å². The molecule has 4 rings (SSSR count). The van der Waals surface area contributed by atoms with Crippen molar-refractivity contribution in [2.75, 3.05) is 12.4 Å². The van der Waals surface area contributed by atoms with Crippen LogP contribution in [-0.4, -0.2) is 26.4 Å². The van der Waals surface area contributed by atoms with Crippen LogP contribution in [0.25, 0.3) is 16.6 Å². The Bertz CT molecular complexity index is 891. The third-order valence-electron chi connectivity index (χ3n) is 3.31. The molecular weight excluding hydrogens is 282 g/mol. The Balaban J connectivity index is 1.80. The third kappa shape index (κ3) is 2.13. The number of aromatic amines is 1. The molecule has 21 heavy (non-hydrogen) atoms. The van der Waals surface area contributed by atoms with Crippen LogP contribution in [0.2, 0.25) is 0 Å². The highest BCUT2D eigenvalue weighted by atomic mass is 32.2. The van der Waals surface area contributed by atoms with Gasteiger partial charge in [-0.3, -0.25) is 0 Å². The van der Waals surface area contributed by atoms with Gasteiger partial charge in [0, 0.05) is 30.3 Å². The van der Waals surface area contributed by atoms with E-state index in [1.807, 2.05) is 36.0 Å². The van der Waals surface area contributed by atoms with Gasteiger partial charge in [-0.1, -0.05) is 18.2 Å². The number of nitrogens with one attached hydrogen (secondary N) is 2. The van der Waals surface area contributed by atoms with Crippen LogP contribution in [0, 0.1) is 0 Å². The number of fused-ring (bicyclic) bond motifs is 2. The lowest BCUT2D eigenvalue weighted by Crippen LogP contribution is -1.98. The highest BCUT2D eigenvalue weighted by Gasteiger charge is 2.10. The highest BCUT2D eigenvalue weighted by Crippen LogP contribution is 2.31. The molecule has 5 nitrogen and oxygen atoms in total. The van der Waals surface area contributed by atoms with Crippen LogP contribution in [0.1, 0.15) is 0 Å². The van der Waals surface area contributed by atoms with E-state index < -0.39 is 0 Å². The quantitative estimate of drug-likeness (QED) is 0.608. The van der Waals surface area contributed by atoms with E-state index in [9.17, 15) is 0 Å². The van der Waals surface area contributed by atoms with Crippen molar-refractivity contribution in [1.82, 2.24) is 19.4 Å². The van der Waals surface area contributed by atoms with Crippen molar-refractivity contribution in [1.29, 1.82) is 0 Å². The van der Waals surface area contributed by atoms with Crippen molar-refractivity contribution in [3.63, 3.8) is 0 Å². The Labute approximate surface area is 125 Å². The van der Waals surface area contributed by atoms with Gasteiger partial charge in [0.2, 0.25) is 0 Å². The molecule has 0 unspecified atom stereocenters. The van der Waals surface area contributed by atoms with Crippen molar-refractivity contribution >= 4 is 34.1 Å². The third-order valence-corrected chi connectivity index (χ3v) is 4.22. The molecule has 0 spiro atoms. The molecule has 0 aliphatic heterocycles. The van der Waals surface area contributed by atoms with Crippen molar-refractivity contribution in [2.45, 2.75) is 10.1 Å². The molecule has 0 atom stereocenters. The minimum absolute atomic E-state index is 0.819. The normalized spacial score (nSPS) is 11.3. The van der Waals surface area contributed by atoms with Gasteiger partial charge < -0.3 is 14.7 Å². The first-order valence-corrected chi connectivity index (χ1v) is 7.42. The predicted molar refractivity (Wildman–Crippen MR) is 85.0 cm³/mol. The summed E-state index contributed by atoms with van der Waals surface area (Å²) in [6.07, 6.45) is 5.64. The van der Waals surface area contributed by atoms with Gasteiger partial charge in [-0.25, -0.2) is 9.97 Å². The number of nitrogens with zero attached hydrogens (tertiary/aromatic N) is 3. The summed E-state index contributed by atoms with van der Waals surface area (Å²) in [6, 6.07) is 10.4. The van der Waals surface area contributed by atoms with Crippen LogP contribution >= 0.6 is 11.8 Å². The summed E-state index contributed by atoms with van der Waals surface area (Å²) < 4.78 is 1.98. The van der Waals surface area contributed by atoms with Crippen LogP contribution < -0.4 is 5.32 Å². The molecule has 1 aromatic carbocycles. The van der Waals surface area contributed by atoms with Gasteiger partial charge in [-0.15, -0.1) is 0 Å². The van der Waals surface area contributed by atoms with Gasteiger partial charge in [-0.2, -0.15) is 0 Å². The Morgan fingerprint density at radius 2 is 2.19 bits per heavy atom. The van der Waals surface area contributed by atoms with E-state index in [4.69, 9.17) is 0 Å². The molecule has 0 aliphatic rings. The summed E-state index contributed by atoms with van der Waals surface area (Å²) >= 11 is 1.59. The molecule has 0 fully saturated rings. The summed E-state index contributed by atoms with van der Waals surface area (Å²) in [7, 11) is 1.86. The van der Waals surface area contributed by atoms with Gasteiger partial charge in [-0.05, 0) is 23.9 Å². The van der Waals surface area contributed by atoms with Gasteiger partial charge in [0.25, 0.3) is 0 Å². The van der Waals surface area contributed by atoms with E-state index in [-0.39, 0.29) is 0 Å². The molecule has 0 saturated heterocycles. The summed E-state index contributed by atoms with van der Waals surface area (Å²) in [5, 5.41) is 6.21. The number of rotatable bonds is 3. The highest BCUT2D eigenvalue weighted by molar-refractivity contribution is 7.99. The lowest BCUT2D eigenvalue weighted by molar-refractivity contribution is 1.03. The Morgan fingerprint density at radius 1 is 1.29 bits per heavy atom. The number of H-pyrrole nitrogens is 1. The summed E-state index contributed by atoms with van der Waals surface area (Å²) in [5.74, 6) is 0.819. The first-order chi connectivity index (χ1) is 10.3. The van der Waals surface area contributed by atoms with Gasteiger partial charge in [0.05, 0.1) is 11.2 Å². The molecule has 0 aliphatic carbocycles. The van der Waals surface area contributed by atoms with E-state index >= 15 is 0 Å². The number of hydrogen-bond donors (Lipinski definition) is 2. The van der Waals surface area contributed by atoms with Crippen LogP contribution in [0.15, 0.2) is 59.0 Å². The van der Waals surface area contributed by atoms with Crippen LogP contribution in [0.5, 0.6) is 0 Å². The number of aromatic nitrogens is 4. The van der Waals surface area contributed by atoms with Crippen LogP contribution in [-0.2, 0) is 0 Å². The lowest BCUT2D eigenvalue weighted by atomic mass is 10.3. The zero-order valence-electron chi connectivity index (χ0n) is 11.4. The maximum absolute atomic E-state index is 4.61. The molecule has 0 radical (unpaired) electrons. The average Bonchev–Trinajstić information content (AvgIpc) is 3.12. The molecule has 0 saturated carbocycles. The number of para-hydroxylation sites is 1. The predicted octanol–water partition coefficient (Wildman–Crippen LogP) is 3.40. The second kappa shape index (κ2) is 4.82. The maximum Gasteiger partial charge on any atom is 0.170 e. The molecule has 3 aromatic heterocycles. The van der Waals surface area contributed by atoms with Crippen LogP contribution in [0.4, 0.5) is 5.82 Å². The first kappa shape index (κ1) is 12.3. The Kier molecular flexibility index (Phi) is 2.82. The smallest absolute Gasteiger partial charge is 0.170 e. The largest absolute Gasteiger partial charge is 0.372 e. The molecule has 0 amide bonds. The molecule has 3 heterocycles. The van der Waals surface area contributed by atoms with E-state index in [0.717, 1.165) is 27.0 Å². The zero-order chi connectivity index (χ0) is 14.2. The summed E-state index contributed by atoms with van der Waals surface area (Å²) in [5.41, 5.74) is 1.99. The minimum atomic E-state index is 0.819. The second-order valence-corrected chi connectivity index (χ2v) is 5.69. The SMILES string of the molecule is CNc1cn2ccnc2c(Sc2cc3ccccc3[nH]2)n1. The molecule has 2 N–H and O–H groups in total. The summed E-state index contributed by atoms with van der Waals surface area (Å²) in [6.45, 7) is 0. The topological polar surface area (TPSA) is 58.0 Å². The zero-order valence-corrected chi connectivity index (χ0v) is 12.2. The van der Waals surface area contributed by atoms with E-state index in [0.29, 0.717) is 0 Å². The fourth-order valence-corrected chi connectivity index (χ4v) is 3.25. The van der Waals surface area contributed by atoms with Crippen molar-refractivity contribution in [2.24, 2.45) is 0 Å². The van der Waals surface area contributed by atoms with Gasteiger partial charge >= 0.3 is 0 Å². The minimum Gasteiger partial charge on any atom is -0.372 e. The molecule has 6 heteroatoms. The number of imidazole rings is 1. The monoisotopic (exact) mass is 295 g/mol. The summed E-state index contributed by atoms with van der Waals surface area (Å²) in [4.78, 5) is 12.4. The van der Waals surface area contributed by atoms with Crippen molar-refractivity contribution in [3.8, 4) is 0 Å². The fourth-order valence-electron chi connectivity index (χ4n) is 2.30. The number of anilines is 1. The maximum atomic E-state index is 4.61. The van der Waals surface area contributed by atoms with Crippen LogP contribution in [0.3, 0.4) is 0 Å². The first-order valence-electron chi connectivity index (χ1n) is 6.60. The molecular formula is C15H13N5S. The fraction of sp³-hybridized carbons (Fsp3) is 0.0667. The van der Waals surface area contributed by atoms with Crippen molar-refractivity contribution < 1.29 is 0 Å². The van der Waals surface area contributed by atoms with Gasteiger partial charge in [0.1, 0.15) is 10.8 Å². The van der Waals surface area contributed by atoms with E-state index in [1.165, 1.54) is 5.39 Å². The lowest BCUT2D eigenvalue weighted by Gasteiger charge is -2.05. The Hall–Kier alpha value is -2.47. The van der Waals surface area contributed by atoms with E-state index in [2.05, 4.69) is 38.5 Å². The number of benzene rings is 1. The van der Waals surface area contributed by atoms with Crippen molar-refractivity contribution in [3.05, 3.63) is 48.9 Å². The average molecular weight is 295 g/mol. The molecule has 0 bridgehead atoms. The molecule has 104 valence electrons. The standard InChI is InChI=1S/C15H13N5S/c1-16-12-9-20-7-6-17-14(20)15(19-12)21-13-8-10-4-2-3-5-11(10)18-13/h2-9,16,18H,1H3.